The molecule has 2 rings (SSSR count). The summed E-state index contributed by atoms with van der Waals surface area (Å²) in [5, 5.41) is 13.4. The first-order chi connectivity index (χ1) is 10.1. The fraction of sp³-hybridized carbons (Fsp3) is 0.533. The number of carbonyl (C=O) groups excluding carboxylic acids is 1. The Bertz CT molecular complexity index is 499. The van der Waals surface area contributed by atoms with Crippen LogP contribution in [0, 0.1) is 11.8 Å². The maximum Gasteiger partial charge on any atom is 0.230 e. The van der Waals surface area contributed by atoms with Gasteiger partial charge < -0.3 is 10.4 Å². The molecule has 0 radical (unpaired) electrons. The van der Waals surface area contributed by atoms with E-state index in [-0.39, 0.29) is 12.5 Å². The number of carbonyl (C=O) groups is 1. The van der Waals surface area contributed by atoms with E-state index in [0.29, 0.717) is 34.2 Å². The normalized spacial score (nSPS) is 21.5. The second-order valence-electron chi connectivity index (χ2n) is 5.30. The molecule has 0 heterocycles. The fourth-order valence-electron chi connectivity index (χ4n) is 2.65. The lowest BCUT2D eigenvalue weighted by Gasteiger charge is -2.17. The Hall–Kier alpha value is -0.420. The van der Waals surface area contributed by atoms with E-state index in [1.54, 1.807) is 18.2 Å². The van der Waals surface area contributed by atoms with E-state index >= 15 is 0 Å². The smallest absolute Gasteiger partial charge is 0.230 e. The number of rotatable bonds is 6. The highest BCUT2D eigenvalue weighted by Crippen LogP contribution is 2.31. The minimum Gasteiger partial charge on any atom is -0.396 e. The SMILES string of the molecule is O=C(CSc1cc(Cl)ccc1Cl)NCC1CCCC1CO. The van der Waals surface area contributed by atoms with Crippen molar-refractivity contribution in [2.45, 2.75) is 24.2 Å². The third-order valence-electron chi connectivity index (χ3n) is 3.86. The molecule has 0 aromatic heterocycles. The highest BCUT2D eigenvalue weighted by molar-refractivity contribution is 8.00. The molecular weight excluding hydrogens is 329 g/mol. The minimum atomic E-state index is -0.0142. The standard InChI is InChI=1S/C15H19Cl2NO2S/c16-12-4-5-13(17)14(6-12)21-9-15(20)18-7-10-2-1-3-11(10)8-19/h4-6,10-11,19H,1-3,7-9H2,(H,18,20). The highest BCUT2D eigenvalue weighted by atomic mass is 35.5. The molecule has 2 unspecified atom stereocenters. The minimum absolute atomic E-state index is 0.0142. The lowest BCUT2D eigenvalue weighted by molar-refractivity contribution is -0.118. The van der Waals surface area contributed by atoms with Gasteiger partial charge in [-0.2, -0.15) is 0 Å². The van der Waals surface area contributed by atoms with Crippen LogP contribution in [0.1, 0.15) is 19.3 Å². The van der Waals surface area contributed by atoms with Crippen molar-refractivity contribution in [2.24, 2.45) is 11.8 Å². The second kappa shape index (κ2) is 8.28. The number of halogens is 2. The molecule has 0 saturated heterocycles. The summed E-state index contributed by atoms with van der Waals surface area (Å²) in [6, 6.07) is 5.22. The van der Waals surface area contributed by atoms with Crippen LogP contribution in [0.15, 0.2) is 23.1 Å². The average Bonchev–Trinajstić information content (AvgIpc) is 2.93. The summed E-state index contributed by atoms with van der Waals surface area (Å²) in [6.07, 6.45) is 3.28. The molecule has 0 spiro atoms. The molecule has 1 fully saturated rings. The second-order valence-corrected chi connectivity index (χ2v) is 7.16. The van der Waals surface area contributed by atoms with Gasteiger partial charge >= 0.3 is 0 Å². The van der Waals surface area contributed by atoms with Crippen molar-refractivity contribution in [3.05, 3.63) is 28.2 Å². The van der Waals surface area contributed by atoms with Gasteiger partial charge in [0.05, 0.1) is 10.8 Å². The van der Waals surface area contributed by atoms with Crippen LogP contribution in [-0.2, 0) is 4.79 Å². The van der Waals surface area contributed by atoms with Gasteiger partial charge in [-0.1, -0.05) is 29.6 Å². The van der Waals surface area contributed by atoms with Gasteiger partial charge in [0.15, 0.2) is 0 Å². The van der Waals surface area contributed by atoms with Crippen molar-refractivity contribution in [1.82, 2.24) is 5.32 Å². The monoisotopic (exact) mass is 347 g/mol. The average molecular weight is 348 g/mol. The van der Waals surface area contributed by atoms with Crippen LogP contribution in [0.25, 0.3) is 0 Å². The summed E-state index contributed by atoms with van der Waals surface area (Å²) in [5.41, 5.74) is 0. The largest absolute Gasteiger partial charge is 0.396 e. The van der Waals surface area contributed by atoms with E-state index in [1.807, 2.05) is 0 Å². The van der Waals surface area contributed by atoms with Gasteiger partial charge in [-0.05, 0) is 42.9 Å². The summed E-state index contributed by atoms with van der Waals surface area (Å²) in [5.74, 6) is 1.04. The zero-order valence-corrected chi connectivity index (χ0v) is 14.0. The predicted molar refractivity (Wildman–Crippen MR) is 88.1 cm³/mol. The van der Waals surface area contributed by atoms with Gasteiger partial charge in [-0.15, -0.1) is 11.8 Å². The molecule has 21 heavy (non-hydrogen) atoms. The van der Waals surface area contributed by atoms with Crippen LogP contribution in [0.5, 0.6) is 0 Å². The molecule has 0 aliphatic heterocycles. The van der Waals surface area contributed by atoms with Crippen LogP contribution in [-0.4, -0.2) is 29.9 Å². The number of benzene rings is 1. The van der Waals surface area contributed by atoms with Crippen LogP contribution < -0.4 is 5.32 Å². The summed E-state index contributed by atoms with van der Waals surface area (Å²) < 4.78 is 0. The molecular formula is C15H19Cl2NO2S. The molecule has 1 aromatic carbocycles. The Balaban J connectivity index is 1.76. The Kier molecular flexibility index (Phi) is 6.68. The van der Waals surface area contributed by atoms with Crippen molar-refractivity contribution in [2.75, 3.05) is 18.9 Å². The molecule has 6 heteroatoms. The molecule has 1 aliphatic rings. The van der Waals surface area contributed by atoms with Gasteiger partial charge in [-0.3, -0.25) is 4.79 Å². The molecule has 3 nitrogen and oxygen atoms in total. The lowest BCUT2D eigenvalue weighted by Crippen LogP contribution is -2.32. The van der Waals surface area contributed by atoms with Crippen molar-refractivity contribution in [1.29, 1.82) is 0 Å². The lowest BCUT2D eigenvalue weighted by atomic mass is 9.97. The van der Waals surface area contributed by atoms with E-state index in [9.17, 15) is 9.90 Å². The Morgan fingerprint density at radius 3 is 2.86 bits per heavy atom. The van der Waals surface area contributed by atoms with E-state index in [1.165, 1.54) is 11.8 Å². The van der Waals surface area contributed by atoms with Gasteiger partial charge in [0.25, 0.3) is 0 Å². The van der Waals surface area contributed by atoms with E-state index in [4.69, 9.17) is 23.2 Å². The Morgan fingerprint density at radius 2 is 2.10 bits per heavy atom. The van der Waals surface area contributed by atoms with Crippen molar-refractivity contribution in [3.8, 4) is 0 Å². The summed E-state index contributed by atoms with van der Waals surface area (Å²) in [4.78, 5) is 12.7. The zero-order valence-electron chi connectivity index (χ0n) is 11.6. The predicted octanol–water partition coefficient (Wildman–Crippen LogP) is 3.61. The first-order valence-electron chi connectivity index (χ1n) is 7.05. The molecule has 1 aliphatic carbocycles. The molecule has 0 bridgehead atoms. The number of nitrogens with one attached hydrogen (secondary N) is 1. The molecule has 2 N–H and O–H groups in total. The number of aliphatic hydroxyl groups excluding tert-OH is 1. The quantitative estimate of drug-likeness (QED) is 0.772. The van der Waals surface area contributed by atoms with Gasteiger partial charge in [0.2, 0.25) is 5.91 Å². The maximum absolute atomic E-state index is 11.9. The topological polar surface area (TPSA) is 49.3 Å². The first-order valence-corrected chi connectivity index (χ1v) is 8.79. The zero-order chi connectivity index (χ0) is 15.2. The number of amides is 1. The van der Waals surface area contributed by atoms with Crippen molar-refractivity contribution < 1.29 is 9.90 Å². The summed E-state index contributed by atoms with van der Waals surface area (Å²) in [6.45, 7) is 0.862. The van der Waals surface area contributed by atoms with E-state index < -0.39 is 0 Å². The highest BCUT2D eigenvalue weighted by Gasteiger charge is 2.26. The summed E-state index contributed by atoms with van der Waals surface area (Å²) in [7, 11) is 0. The van der Waals surface area contributed by atoms with Gasteiger partial charge in [0.1, 0.15) is 0 Å². The molecule has 1 amide bonds. The Labute approximate surface area is 139 Å². The van der Waals surface area contributed by atoms with Crippen molar-refractivity contribution in [3.63, 3.8) is 0 Å². The van der Waals surface area contributed by atoms with Crippen LogP contribution in [0.4, 0.5) is 0 Å². The number of thioether (sulfide) groups is 1. The number of hydrogen-bond acceptors (Lipinski definition) is 3. The molecule has 2 atom stereocenters. The van der Waals surface area contributed by atoms with Gasteiger partial charge in [0, 0.05) is 23.1 Å². The maximum atomic E-state index is 11.9. The third kappa shape index (κ3) is 5.06. The Morgan fingerprint density at radius 1 is 1.33 bits per heavy atom. The van der Waals surface area contributed by atoms with Crippen LogP contribution in [0.2, 0.25) is 10.0 Å². The van der Waals surface area contributed by atoms with Crippen molar-refractivity contribution >= 4 is 40.9 Å². The molecule has 1 aromatic rings. The first kappa shape index (κ1) is 16.9. The molecule has 1 saturated carbocycles. The van der Waals surface area contributed by atoms with E-state index in [0.717, 1.165) is 24.2 Å². The fourth-order valence-corrected chi connectivity index (χ4v) is 3.97. The molecule has 116 valence electrons. The van der Waals surface area contributed by atoms with E-state index in [2.05, 4.69) is 5.32 Å². The summed E-state index contributed by atoms with van der Waals surface area (Å²) >= 11 is 13.4. The number of hydrogen-bond donors (Lipinski definition) is 2. The van der Waals surface area contributed by atoms with Crippen LogP contribution >= 0.6 is 35.0 Å². The van der Waals surface area contributed by atoms with Crippen LogP contribution in [0.3, 0.4) is 0 Å². The third-order valence-corrected chi connectivity index (χ3v) is 5.60. The number of aliphatic hydroxyl groups is 1. The van der Waals surface area contributed by atoms with Gasteiger partial charge in [-0.25, -0.2) is 0 Å².